The first kappa shape index (κ1) is 14.0. The molecule has 0 aliphatic carbocycles. The monoisotopic (exact) mass is 226 g/mol. The Morgan fingerprint density at radius 3 is 2.50 bits per heavy atom. The number of amides is 1. The van der Waals surface area contributed by atoms with Crippen LogP contribution in [0.1, 0.15) is 27.2 Å². The van der Waals surface area contributed by atoms with E-state index in [2.05, 4.69) is 11.4 Å². The Hall–Kier alpha value is -2.03. The highest BCUT2D eigenvalue weighted by Crippen LogP contribution is 2.13. The second-order valence-corrected chi connectivity index (χ2v) is 3.76. The van der Waals surface area contributed by atoms with Gasteiger partial charge in [-0.1, -0.05) is 6.58 Å². The van der Waals surface area contributed by atoms with Crippen LogP contribution in [0.3, 0.4) is 0 Å². The predicted molar refractivity (Wildman–Crippen MR) is 54.8 cm³/mol. The quantitative estimate of drug-likeness (QED) is 0.581. The van der Waals surface area contributed by atoms with Crippen molar-refractivity contribution in [3.63, 3.8) is 0 Å². The van der Waals surface area contributed by atoms with Crippen molar-refractivity contribution in [2.75, 3.05) is 0 Å². The lowest BCUT2D eigenvalue weighted by atomic mass is 10.1. The van der Waals surface area contributed by atoms with Crippen molar-refractivity contribution in [2.45, 2.75) is 32.8 Å². The van der Waals surface area contributed by atoms with Gasteiger partial charge >= 0.3 is 12.1 Å². The minimum absolute atomic E-state index is 0.0366. The molecule has 0 heterocycles. The highest BCUT2D eigenvalue weighted by molar-refractivity contribution is 5.87. The van der Waals surface area contributed by atoms with Gasteiger partial charge in [-0.05, 0) is 20.8 Å². The second-order valence-electron chi connectivity index (χ2n) is 3.76. The fourth-order valence-corrected chi connectivity index (χ4v) is 0.673. The standard InChI is InChI=1S/C10H14N2O4/c1-7(2)8(13)16-12-9(14)15-10(3,4)5-6-11/h1,5H2,2-4H3,(H,12,14). The Balaban J connectivity index is 4.06. The largest absolute Gasteiger partial charge is 0.441 e. The minimum atomic E-state index is -0.936. The van der Waals surface area contributed by atoms with Gasteiger partial charge in [-0.25, -0.2) is 9.59 Å². The van der Waals surface area contributed by atoms with Crippen LogP contribution >= 0.6 is 0 Å². The summed E-state index contributed by atoms with van der Waals surface area (Å²) in [6.45, 7) is 7.90. The van der Waals surface area contributed by atoms with E-state index in [9.17, 15) is 9.59 Å². The van der Waals surface area contributed by atoms with Gasteiger partial charge < -0.3 is 9.57 Å². The summed E-state index contributed by atoms with van der Waals surface area (Å²) >= 11 is 0. The van der Waals surface area contributed by atoms with E-state index in [-0.39, 0.29) is 12.0 Å². The smallest absolute Gasteiger partial charge is 0.440 e. The molecule has 1 amide bonds. The van der Waals surface area contributed by atoms with Crippen molar-refractivity contribution in [3.8, 4) is 6.07 Å². The van der Waals surface area contributed by atoms with Crippen molar-refractivity contribution in [1.82, 2.24) is 5.48 Å². The molecule has 16 heavy (non-hydrogen) atoms. The molecule has 0 saturated heterocycles. The normalized spacial score (nSPS) is 9.88. The fourth-order valence-electron chi connectivity index (χ4n) is 0.673. The number of ether oxygens (including phenoxy) is 1. The first-order valence-electron chi connectivity index (χ1n) is 4.51. The highest BCUT2D eigenvalue weighted by atomic mass is 16.7. The number of nitriles is 1. The number of carbonyl (C=O) groups is 2. The van der Waals surface area contributed by atoms with Gasteiger partial charge in [-0.15, -0.1) is 5.48 Å². The Morgan fingerprint density at radius 1 is 1.50 bits per heavy atom. The molecule has 88 valence electrons. The number of hydrogen-bond donors (Lipinski definition) is 1. The van der Waals surface area contributed by atoms with Crippen LogP contribution in [-0.4, -0.2) is 17.7 Å². The van der Waals surface area contributed by atoms with Gasteiger partial charge in [0, 0.05) is 5.57 Å². The van der Waals surface area contributed by atoms with Gasteiger partial charge in [0.25, 0.3) is 0 Å². The fraction of sp³-hybridized carbons (Fsp3) is 0.500. The topological polar surface area (TPSA) is 88.4 Å². The van der Waals surface area contributed by atoms with Crippen LogP contribution in [0.5, 0.6) is 0 Å². The lowest BCUT2D eigenvalue weighted by molar-refractivity contribution is -0.145. The number of hydroxylamine groups is 1. The van der Waals surface area contributed by atoms with Gasteiger partial charge in [0.05, 0.1) is 12.5 Å². The average Bonchev–Trinajstić information content (AvgIpc) is 2.12. The van der Waals surface area contributed by atoms with Crippen LogP contribution in [0, 0.1) is 11.3 Å². The van der Waals surface area contributed by atoms with E-state index in [0.717, 1.165) is 0 Å². The molecule has 1 N–H and O–H groups in total. The molecule has 0 spiro atoms. The summed E-state index contributed by atoms with van der Waals surface area (Å²) in [5.41, 5.74) is 1.01. The first-order chi connectivity index (χ1) is 7.28. The molecule has 6 heteroatoms. The molecule has 0 aromatic rings. The summed E-state index contributed by atoms with van der Waals surface area (Å²) in [5.74, 6) is -0.755. The third-order valence-corrected chi connectivity index (χ3v) is 1.45. The summed E-state index contributed by atoms with van der Waals surface area (Å²) in [5, 5.41) is 8.45. The third kappa shape index (κ3) is 5.65. The Bertz CT molecular complexity index is 341. The van der Waals surface area contributed by atoms with E-state index in [1.807, 2.05) is 6.07 Å². The maximum Gasteiger partial charge on any atom is 0.441 e. The van der Waals surface area contributed by atoms with E-state index in [1.165, 1.54) is 6.92 Å². The molecule has 0 atom stereocenters. The molecule has 0 aliphatic heterocycles. The Kier molecular flexibility index (Phi) is 5.02. The molecule has 0 fully saturated rings. The van der Waals surface area contributed by atoms with Crippen molar-refractivity contribution in [1.29, 1.82) is 5.26 Å². The molecule has 6 nitrogen and oxygen atoms in total. The maximum absolute atomic E-state index is 11.1. The summed E-state index contributed by atoms with van der Waals surface area (Å²) in [4.78, 5) is 26.3. The third-order valence-electron chi connectivity index (χ3n) is 1.45. The predicted octanol–water partition coefficient (Wildman–Crippen LogP) is 1.44. The van der Waals surface area contributed by atoms with Gasteiger partial charge in [0.2, 0.25) is 0 Å². The zero-order chi connectivity index (χ0) is 12.8. The number of carbonyl (C=O) groups excluding carboxylic acids is 2. The van der Waals surface area contributed by atoms with Gasteiger partial charge in [-0.3, -0.25) is 0 Å². The van der Waals surface area contributed by atoms with Crippen molar-refractivity contribution in [3.05, 3.63) is 12.2 Å². The van der Waals surface area contributed by atoms with Crippen LogP contribution < -0.4 is 5.48 Å². The molecule has 0 radical (unpaired) electrons. The minimum Gasteiger partial charge on any atom is -0.440 e. The molecule has 0 unspecified atom stereocenters. The van der Waals surface area contributed by atoms with E-state index < -0.39 is 17.7 Å². The summed E-state index contributed by atoms with van der Waals surface area (Å²) in [7, 11) is 0. The summed E-state index contributed by atoms with van der Waals surface area (Å²) in [6, 6.07) is 1.87. The zero-order valence-electron chi connectivity index (χ0n) is 9.49. The Labute approximate surface area is 93.8 Å². The number of rotatable bonds is 3. The zero-order valence-corrected chi connectivity index (χ0v) is 9.49. The molecular weight excluding hydrogens is 212 g/mol. The van der Waals surface area contributed by atoms with Crippen LogP contribution in [0.25, 0.3) is 0 Å². The van der Waals surface area contributed by atoms with E-state index in [4.69, 9.17) is 10.00 Å². The SMILES string of the molecule is C=C(C)C(=O)ONC(=O)OC(C)(C)CC#N. The highest BCUT2D eigenvalue weighted by Gasteiger charge is 2.23. The number of nitrogens with one attached hydrogen (secondary N) is 1. The molecule has 0 rings (SSSR count). The van der Waals surface area contributed by atoms with E-state index in [1.54, 1.807) is 19.3 Å². The second kappa shape index (κ2) is 5.75. The number of nitrogens with zero attached hydrogens (tertiary/aromatic N) is 1. The summed E-state index contributed by atoms with van der Waals surface area (Å²) < 4.78 is 4.83. The van der Waals surface area contributed by atoms with Crippen LogP contribution in [0.15, 0.2) is 12.2 Å². The van der Waals surface area contributed by atoms with Crippen molar-refractivity contribution < 1.29 is 19.2 Å². The summed E-state index contributed by atoms with van der Waals surface area (Å²) in [6.07, 6.45) is -0.899. The average molecular weight is 226 g/mol. The molecule has 0 bridgehead atoms. The van der Waals surface area contributed by atoms with Crippen LogP contribution in [-0.2, 0) is 14.4 Å². The van der Waals surface area contributed by atoms with Gasteiger partial charge in [0.15, 0.2) is 0 Å². The Morgan fingerprint density at radius 2 is 2.06 bits per heavy atom. The van der Waals surface area contributed by atoms with Crippen LogP contribution in [0.4, 0.5) is 4.79 Å². The number of hydrogen-bond acceptors (Lipinski definition) is 5. The molecule has 0 aromatic carbocycles. The van der Waals surface area contributed by atoms with Crippen molar-refractivity contribution in [2.24, 2.45) is 0 Å². The maximum atomic E-state index is 11.1. The molecule has 0 aromatic heterocycles. The molecular formula is C10H14N2O4. The van der Waals surface area contributed by atoms with E-state index >= 15 is 0 Å². The first-order valence-corrected chi connectivity index (χ1v) is 4.51. The molecule has 0 aliphatic rings. The lowest BCUT2D eigenvalue weighted by Gasteiger charge is -2.21. The lowest BCUT2D eigenvalue weighted by Crippen LogP contribution is -2.35. The molecule has 0 saturated carbocycles. The van der Waals surface area contributed by atoms with Gasteiger partial charge in [0.1, 0.15) is 5.60 Å². The van der Waals surface area contributed by atoms with Crippen molar-refractivity contribution >= 4 is 12.1 Å². The van der Waals surface area contributed by atoms with E-state index in [0.29, 0.717) is 0 Å². The van der Waals surface area contributed by atoms with Gasteiger partial charge in [-0.2, -0.15) is 5.26 Å². The van der Waals surface area contributed by atoms with Crippen LogP contribution in [0.2, 0.25) is 0 Å².